The highest BCUT2D eigenvalue weighted by molar-refractivity contribution is 7.14. The molecule has 118 valence electrons. The van der Waals surface area contributed by atoms with Gasteiger partial charge in [-0.3, -0.25) is 4.79 Å². The summed E-state index contributed by atoms with van der Waals surface area (Å²) in [5.74, 6) is 2.52. The van der Waals surface area contributed by atoms with Gasteiger partial charge < -0.3 is 14.8 Å². The van der Waals surface area contributed by atoms with E-state index in [-0.39, 0.29) is 11.8 Å². The zero-order chi connectivity index (χ0) is 15.5. The first-order chi connectivity index (χ1) is 10.6. The number of ether oxygens (including phenoxy) is 2. The first kappa shape index (κ1) is 15.2. The number of carbonyl (C=O) groups is 1. The van der Waals surface area contributed by atoms with Crippen LogP contribution >= 0.6 is 11.3 Å². The van der Waals surface area contributed by atoms with Gasteiger partial charge in [-0.15, -0.1) is 11.3 Å². The van der Waals surface area contributed by atoms with Crippen molar-refractivity contribution in [3.05, 3.63) is 45.6 Å². The van der Waals surface area contributed by atoms with Crippen LogP contribution in [0.2, 0.25) is 0 Å². The highest BCUT2D eigenvalue weighted by Gasteiger charge is 2.24. The molecule has 0 bridgehead atoms. The number of hydrogen-bond acceptors (Lipinski definition) is 4. The first-order valence-corrected chi connectivity index (χ1v) is 8.50. The highest BCUT2D eigenvalue weighted by Crippen LogP contribution is 2.36. The number of hydrogen-bond donors (Lipinski definition) is 1. The molecule has 1 aromatic heterocycles. The molecule has 1 unspecified atom stereocenters. The van der Waals surface area contributed by atoms with Gasteiger partial charge in [-0.25, -0.2) is 0 Å². The fraction of sp³-hybridized carbons (Fsp3) is 0.471. The molecule has 0 spiro atoms. The van der Waals surface area contributed by atoms with Crippen LogP contribution in [-0.4, -0.2) is 25.7 Å². The summed E-state index contributed by atoms with van der Waals surface area (Å²) in [4.78, 5) is 14.1. The van der Waals surface area contributed by atoms with Crippen LogP contribution < -0.4 is 5.32 Å². The smallest absolute Gasteiger partial charge is 0.261 e. The third-order valence-electron chi connectivity index (χ3n) is 3.66. The summed E-state index contributed by atoms with van der Waals surface area (Å²) in [6.45, 7) is 6.12. The predicted octanol–water partition coefficient (Wildman–Crippen LogP) is 3.44. The molecule has 1 atom stereocenters. The van der Waals surface area contributed by atoms with Crippen LogP contribution in [0, 0.1) is 5.92 Å². The van der Waals surface area contributed by atoms with Gasteiger partial charge in [-0.2, -0.15) is 0 Å². The van der Waals surface area contributed by atoms with Gasteiger partial charge in [0.15, 0.2) is 5.76 Å². The van der Waals surface area contributed by atoms with E-state index in [1.54, 1.807) is 11.3 Å². The average Bonchev–Trinajstić information content (AvgIpc) is 3.02. The number of amides is 1. The molecule has 3 rings (SSSR count). The van der Waals surface area contributed by atoms with E-state index in [4.69, 9.17) is 9.47 Å². The van der Waals surface area contributed by atoms with Crippen molar-refractivity contribution in [2.45, 2.75) is 26.2 Å². The SMILES string of the molecule is CC(C)CNC(=O)c1ccc(C2C=CC3=C(C2)OCCO3)s1. The van der Waals surface area contributed by atoms with Gasteiger partial charge in [0, 0.05) is 23.8 Å². The minimum Gasteiger partial charge on any atom is -0.490 e. The van der Waals surface area contributed by atoms with E-state index in [1.807, 2.05) is 18.2 Å². The van der Waals surface area contributed by atoms with Crippen molar-refractivity contribution in [1.29, 1.82) is 0 Å². The molecule has 0 aromatic carbocycles. The molecule has 2 heterocycles. The maximum Gasteiger partial charge on any atom is 0.261 e. The predicted molar refractivity (Wildman–Crippen MR) is 86.9 cm³/mol. The maximum absolute atomic E-state index is 12.1. The average molecular weight is 319 g/mol. The second kappa shape index (κ2) is 6.57. The normalized spacial score (nSPS) is 20.4. The summed E-state index contributed by atoms with van der Waals surface area (Å²) in [7, 11) is 0. The lowest BCUT2D eigenvalue weighted by atomic mass is 9.96. The Kier molecular flexibility index (Phi) is 4.52. The van der Waals surface area contributed by atoms with Gasteiger partial charge in [0.25, 0.3) is 5.91 Å². The lowest BCUT2D eigenvalue weighted by Crippen LogP contribution is -2.26. The largest absolute Gasteiger partial charge is 0.490 e. The third kappa shape index (κ3) is 3.35. The Hall–Kier alpha value is -1.75. The molecule has 22 heavy (non-hydrogen) atoms. The van der Waals surface area contributed by atoms with Crippen molar-refractivity contribution in [3.63, 3.8) is 0 Å². The Balaban J connectivity index is 1.66. The third-order valence-corrected chi connectivity index (χ3v) is 4.88. The molecular weight excluding hydrogens is 298 g/mol. The van der Waals surface area contributed by atoms with Gasteiger partial charge in [-0.05, 0) is 24.1 Å². The van der Waals surface area contributed by atoms with Crippen LogP contribution in [-0.2, 0) is 9.47 Å². The van der Waals surface area contributed by atoms with Crippen molar-refractivity contribution in [1.82, 2.24) is 5.32 Å². The zero-order valence-corrected chi connectivity index (χ0v) is 13.7. The Morgan fingerprint density at radius 3 is 3.00 bits per heavy atom. The Morgan fingerprint density at radius 1 is 1.36 bits per heavy atom. The summed E-state index contributed by atoms with van der Waals surface area (Å²) in [6.07, 6.45) is 4.93. The molecule has 0 fully saturated rings. The molecule has 0 saturated heterocycles. The van der Waals surface area contributed by atoms with Crippen LogP contribution in [0.3, 0.4) is 0 Å². The fourth-order valence-corrected chi connectivity index (χ4v) is 3.50. The molecule has 1 aliphatic carbocycles. The quantitative estimate of drug-likeness (QED) is 0.925. The van der Waals surface area contributed by atoms with Gasteiger partial charge in [0.05, 0.1) is 4.88 Å². The second-order valence-electron chi connectivity index (χ2n) is 5.96. The molecular formula is C17H21NO3S. The highest BCUT2D eigenvalue weighted by atomic mass is 32.1. The van der Waals surface area contributed by atoms with Crippen LogP contribution in [0.1, 0.15) is 40.7 Å². The van der Waals surface area contributed by atoms with Crippen molar-refractivity contribution in [2.75, 3.05) is 19.8 Å². The molecule has 0 saturated carbocycles. The summed E-state index contributed by atoms with van der Waals surface area (Å²) in [5, 5.41) is 2.96. The first-order valence-electron chi connectivity index (χ1n) is 7.68. The number of thiophene rings is 1. The molecule has 1 N–H and O–H groups in total. The molecule has 2 aliphatic rings. The van der Waals surface area contributed by atoms with Crippen molar-refractivity contribution in [3.8, 4) is 0 Å². The van der Waals surface area contributed by atoms with Gasteiger partial charge in [0.1, 0.15) is 19.0 Å². The van der Waals surface area contributed by atoms with Crippen molar-refractivity contribution in [2.24, 2.45) is 5.92 Å². The van der Waals surface area contributed by atoms with E-state index in [1.165, 1.54) is 4.88 Å². The van der Waals surface area contributed by atoms with Gasteiger partial charge in [0.2, 0.25) is 0 Å². The zero-order valence-electron chi connectivity index (χ0n) is 12.9. The summed E-state index contributed by atoms with van der Waals surface area (Å²) >= 11 is 1.56. The van der Waals surface area contributed by atoms with E-state index >= 15 is 0 Å². The monoisotopic (exact) mass is 319 g/mol. The van der Waals surface area contributed by atoms with Gasteiger partial charge >= 0.3 is 0 Å². The topological polar surface area (TPSA) is 47.6 Å². The van der Waals surface area contributed by atoms with Crippen LogP contribution in [0.15, 0.2) is 35.8 Å². The van der Waals surface area contributed by atoms with Crippen LogP contribution in [0.4, 0.5) is 0 Å². The summed E-state index contributed by atoms with van der Waals surface area (Å²) in [6, 6.07) is 3.95. The summed E-state index contributed by atoms with van der Waals surface area (Å²) in [5.41, 5.74) is 0. The van der Waals surface area contributed by atoms with E-state index in [2.05, 4.69) is 25.2 Å². The minimum absolute atomic E-state index is 0.0156. The molecule has 0 radical (unpaired) electrons. The second-order valence-corrected chi connectivity index (χ2v) is 7.08. The van der Waals surface area contributed by atoms with E-state index in [0.29, 0.717) is 25.7 Å². The molecule has 5 heteroatoms. The van der Waals surface area contributed by atoms with Crippen LogP contribution in [0.5, 0.6) is 0 Å². The number of carbonyl (C=O) groups excluding carboxylic acids is 1. The molecule has 1 aromatic rings. The number of rotatable bonds is 4. The molecule has 4 nitrogen and oxygen atoms in total. The standard InChI is InChI=1S/C17H21NO3S/c1-11(2)10-18-17(19)16-6-5-15(22-16)12-3-4-13-14(9-12)21-8-7-20-13/h3-6,11-12H,7-10H2,1-2H3,(H,18,19). The number of allylic oxidation sites excluding steroid dienone is 3. The van der Waals surface area contributed by atoms with E-state index < -0.39 is 0 Å². The van der Waals surface area contributed by atoms with Crippen molar-refractivity contribution < 1.29 is 14.3 Å². The summed E-state index contributed by atoms with van der Waals surface area (Å²) < 4.78 is 11.3. The lowest BCUT2D eigenvalue weighted by molar-refractivity contribution is 0.0618. The minimum atomic E-state index is 0.0156. The molecule has 1 amide bonds. The van der Waals surface area contributed by atoms with Crippen LogP contribution in [0.25, 0.3) is 0 Å². The Morgan fingerprint density at radius 2 is 2.18 bits per heavy atom. The van der Waals surface area contributed by atoms with E-state index in [0.717, 1.165) is 22.8 Å². The lowest BCUT2D eigenvalue weighted by Gasteiger charge is -2.25. The fourth-order valence-electron chi connectivity index (χ4n) is 2.49. The van der Waals surface area contributed by atoms with E-state index in [9.17, 15) is 4.79 Å². The van der Waals surface area contributed by atoms with Gasteiger partial charge in [-0.1, -0.05) is 19.9 Å². The number of nitrogens with one attached hydrogen (secondary N) is 1. The Labute approximate surface area is 134 Å². The molecule has 1 aliphatic heterocycles. The maximum atomic E-state index is 12.1. The Bertz CT molecular complexity index is 615. The van der Waals surface area contributed by atoms with Crippen molar-refractivity contribution >= 4 is 17.2 Å².